The van der Waals surface area contributed by atoms with Gasteiger partial charge < -0.3 is 9.73 Å². The molecule has 7 heteroatoms. The molecule has 3 aromatic rings. The van der Waals surface area contributed by atoms with Crippen LogP contribution in [0.25, 0.3) is 11.3 Å². The molecule has 2 aliphatic rings. The Hall–Kier alpha value is -2.90. The van der Waals surface area contributed by atoms with E-state index in [4.69, 9.17) is 4.42 Å². The van der Waals surface area contributed by atoms with Crippen molar-refractivity contribution in [2.24, 2.45) is 0 Å². The molecule has 5 rings (SSSR count). The lowest BCUT2D eigenvalue weighted by molar-refractivity contribution is 0.0951. The Morgan fingerprint density at radius 2 is 1.83 bits per heavy atom. The summed E-state index contributed by atoms with van der Waals surface area (Å²) in [6.07, 6.45) is 2.55. The molecule has 1 aromatic heterocycles. The molecule has 0 spiro atoms. The highest BCUT2D eigenvalue weighted by molar-refractivity contribution is 7.89. The summed E-state index contributed by atoms with van der Waals surface area (Å²) in [5, 5.41) is 2.90. The summed E-state index contributed by atoms with van der Waals surface area (Å²) in [7, 11) is -3.74. The minimum atomic E-state index is -3.74. The van der Waals surface area contributed by atoms with Crippen LogP contribution in [0.15, 0.2) is 70.0 Å². The van der Waals surface area contributed by atoms with Crippen molar-refractivity contribution in [1.29, 1.82) is 0 Å². The number of fused-ring (bicyclic) bond motifs is 1. The quantitative estimate of drug-likeness (QED) is 0.682. The number of nitrogens with zero attached hydrogens (tertiary/aromatic N) is 1. The van der Waals surface area contributed by atoms with Crippen LogP contribution < -0.4 is 5.32 Å². The molecule has 1 saturated carbocycles. The van der Waals surface area contributed by atoms with Gasteiger partial charge in [0, 0.05) is 23.7 Å². The van der Waals surface area contributed by atoms with Crippen molar-refractivity contribution in [2.45, 2.75) is 36.7 Å². The second-order valence-electron chi connectivity index (χ2n) is 7.79. The second kappa shape index (κ2) is 7.41. The molecule has 1 fully saturated rings. The molecule has 154 valence electrons. The van der Waals surface area contributed by atoms with Gasteiger partial charge in [-0.15, -0.1) is 0 Å². The van der Waals surface area contributed by atoms with Crippen LogP contribution in [0.1, 0.15) is 34.5 Å². The monoisotopic (exact) mass is 422 g/mol. The molecular formula is C23H22N2O4S. The summed E-state index contributed by atoms with van der Waals surface area (Å²) in [6.45, 7) is 0.560. The Balaban J connectivity index is 1.38. The number of carbonyl (C=O) groups is 1. The number of benzene rings is 2. The van der Waals surface area contributed by atoms with Crippen molar-refractivity contribution in [3.05, 3.63) is 77.6 Å². The van der Waals surface area contributed by atoms with Gasteiger partial charge in [-0.2, -0.15) is 4.31 Å². The Morgan fingerprint density at radius 1 is 1.03 bits per heavy atom. The van der Waals surface area contributed by atoms with Gasteiger partial charge in [0.1, 0.15) is 11.5 Å². The predicted molar refractivity (Wildman–Crippen MR) is 112 cm³/mol. The van der Waals surface area contributed by atoms with E-state index in [-0.39, 0.29) is 23.4 Å². The van der Waals surface area contributed by atoms with Gasteiger partial charge in [-0.3, -0.25) is 4.79 Å². The molecule has 2 heterocycles. The van der Waals surface area contributed by atoms with Gasteiger partial charge in [-0.25, -0.2) is 8.42 Å². The summed E-state index contributed by atoms with van der Waals surface area (Å²) < 4.78 is 33.9. The van der Waals surface area contributed by atoms with Gasteiger partial charge in [0.2, 0.25) is 10.0 Å². The third-order valence-corrected chi connectivity index (χ3v) is 7.39. The fourth-order valence-corrected chi connectivity index (χ4v) is 5.13. The number of rotatable bonds is 5. The molecule has 1 aliphatic carbocycles. The van der Waals surface area contributed by atoms with Crippen LogP contribution in [0, 0.1) is 0 Å². The predicted octanol–water partition coefficient (Wildman–Crippen LogP) is 3.59. The molecule has 0 unspecified atom stereocenters. The smallest absolute Gasteiger partial charge is 0.251 e. The number of hydrogen-bond acceptors (Lipinski definition) is 4. The molecular weight excluding hydrogens is 400 g/mol. The number of nitrogens with one attached hydrogen (secondary N) is 1. The van der Waals surface area contributed by atoms with Crippen LogP contribution in [-0.2, 0) is 23.0 Å². The van der Waals surface area contributed by atoms with E-state index in [1.54, 1.807) is 12.1 Å². The maximum Gasteiger partial charge on any atom is 0.251 e. The van der Waals surface area contributed by atoms with E-state index in [0.29, 0.717) is 24.3 Å². The zero-order valence-corrected chi connectivity index (χ0v) is 17.2. The van der Waals surface area contributed by atoms with Gasteiger partial charge in [-0.05, 0) is 49.1 Å². The number of amides is 1. The van der Waals surface area contributed by atoms with Gasteiger partial charge in [0.05, 0.1) is 11.4 Å². The van der Waals surface area contributed by atoms with Crippen molar-refractivity contribution >= 4 is 15.9 Å². The zero-order chi connectivity index (χ0) is 20.7. The molecule has 2 aromatic carbocycles. The molecule has 6 nitrogen and oxygen atoms in total. The van der Waals surface area contributed by atoms with Crippen molar-refractivity contribution in [3.63, 3.8) is 0 Å². The molecule has 1 aliphatic heterocycles. The molecule has 0 atom stereocenters. The van der Waals surface area contributed by atoms with Gasteiger partial charge in [-0.1, -0.05) is 36.4 Å². The van der Waals surface area contributed by atoms with Gasteiger partial charge in [0.25, 0.3) is 5.91 Å². The molecule has 0 saturated heterocycles. The molecule has 0 bridgehead atoms. The lowest BCUT2D eigenvalue weighted by Gasteiger charge is -2.25. The lowest BCUT2D eigenvalue weighted by Crippen LogP contribution is -2.35. The SMILES string of the molecule is O=C(NC1CC1)c1cccc(S(=O)(=O)N2CCc3cc(-c4ccccc4)oc3C2)c1. The average Bonchev–Trinajstić information content (AvgIpc) is 3.48. The molecule has 30 heavy (non-hydrogen) atoms. The van der Waals surface area contributed by atoms with E-state index < -0.39 is 10.0 Å². The van der Waals surface area contributed by atoms with Gasteiger partial charge in [0.15, 0.2) is 0 Å². The summed E-state index contributed by atoms with van der Waals surface area (Å²) in [4.78, 5) is 12.4. The fourth-order valence-electron chi connectivity index (χ4n) is 3.69. The summed E-state index contributed by atoms with van der Waals surface area (Å²) in [5.41, 5.74) is 2.37. The van der Waals surface area contributed by atoms with Crippen LogP contribution in [0.5, 0.6) is 0 Å². The first-order valence-corrected chi connectivity index (χ1v) is 11.5. The highest BCUT2D eigenvalue weighted by Crippen LogP contribution is 2.31. The molecule has 1 N–H and O–H groups in total. The highest BCUT2D eigenvalue weighted by Gasteiger charge is 2.31. The zero-order valence-electron chi connectivity index (χ0n) is 16.4. The standard InChI is InChI=1S/C23H22N2O4S/c26-23(24-19-9-10-19)18-7-4-8-20(13-18)30(27,28)25-12-11-17-14-21(29-22(17)15-25)16-5-2-1-3-6-16/h1-8,13-14,19H,9-12,15H2,(H,24,26). The molecule has 0 radical (unpaired) electrons. The maximum atomic E-state index is 13.2. The first-order valence-electron chi connectivity index (χ1n) is 10.1. The topological polar surface area (TPSA) is 79.6 Å². The third-order valence-electron chi connectivity index (χ3n) is 5.55. The normalized spacial score (nSPS) is 16.8. The van der Waals surface area contributed by atoms with Gasteiger partial charge >= 0.3 is 0 Å². The minimum Gasteiger partial charge on any atom is -0.459 e. The Kier molecular flexibility index (Phi) is 4.72. The van der Waals surface area contributed by atoms with E-state index in [0.717, 1.165) is 29.7 Å². The summed E-state index contributed by atoms with van der Waals surface area (Å²) >= 11 is 0. The number of hydrogen-bond donors (Lipinski definition) is 1. The number of sulfonamides is 1. The Morgan fingerprint density at radius 3 is 2.60 bits per heavy atom. The average molecular weight is 423 g/mol. The summed E-state index contributed by atoms with van der Waals surface area (Å²) in [5.74, 6) is 1.19. The van der Waals surface area contributed by atoms with Crippen LogP contribution in [0.4, 0.5) is 0 Å². The van der Waals surface area contributed by atoms with Crippen LogP contribution in [-0.4, -0.2) is 31.2 Å². The third kappa shape index (κ3) is 3.66. The maximum absolute atomic E-state index is 13.2. The van der Waals surface area contributed by atoms with Crippen molar-refractivity contribution in [1.82, 2.24) is 9.62 Å². The van der Waals surface area contributed by atoms with E-state index in [1.165, 1.54) is 16.4 Å². The van der Waals surface area contributed by atoms with Crippen molar-refractivity contribution in [3.8, 4) is 11.3 Å². The first-order chi connectivity index (χ1) is 14.5. The largest absolute Gasteiger partial charge is 0.459 e. The Bertz CT molecular complexity index is 1200. The summed E-state index contributed by atoms with van der Waals surface area (Å²) in [6, 6.07) is 18.2. The van der Waals surface area contributed by atoms with Crippen molar-refractivity contribution < 1.29 is 17.6 Å². The Labute approximate surface area is 175 Å². The van der Waals surface area contributed by atoms with E-state index in [1.807, 2.05) is 36.4 Å². The van der Waals surface area contributed by atoms with Crippen LogP contribution >= 0.6 is 0 Å². The number of furan rings is 1. The van der Waals surface area contributed by atoms with E-state index in [9.17, 15) is 13.2 Å². The lowest BCUT2D eigenvalue weighted by atomic mass is 10.1. The molecule has 1 amide bonds. The highest BCUT2D eigenvalue weighted by atomic mass is 32.2. The van der Waals surface area contributed by atoms with Crippen molar-refractivity contribution in [2.75, 3.05) is 6.54 Å². The van der Waals surface area contributed by atoms with E-state index in [2.05, 4.69) is 5.32 Å². The van der Waals surface area contributed by atoms with Crippen LogP contribution in [0.2, 0.25) is 0 Å². The second-order valence-corrected chi connectivity index (χ2v) is 9.73. The number of carbonyl (C=O) groups excluding carboxylic acids is 1. The first kappa shape index (κ1) is 19.1. The minimum absolute atomic E-state index is 0.129. The van der Waals surface area contributed by atoms with Crippen LogP contribution in [0.3, 0.4) is 0 Å². The van der Waals surface area contributed by atoms with E-state index >= 15 is 0 Å². The fraction of sp³-hybridized carbons (Fsp3) is 0.261.